The normalized spacial score (nSPS) is 13.9. The van der Waals surface area contributed by atoms with E-state index in [1.807, 2.05) is 35.7 Å². The first-order chi connectivity index (χ1) is 13.3. The van der Waals surface area contributed by atoms with E-state index >= 15 is 0 Å². The number of carbonyl (C=O) groups is 1. The van der Waals surface area contributed by atoms with Gasteiger partial charge < -0.3 is 5.32 Å². The standard InChI is InChI=1S/C21H21N3OS2/c25-21(14-24-10-7-20-17(13-24)8-11-26-20)23-18-3-5-19(6-4-18)27-15-16-2-1-9-22-12-16/h1-6,8-9,11-12H,7,10,13-15H2,(H,23,25). The third-order valence-corrected chi connectivity index (χ3v) is 6.63. The van der Waals surface area contributed by atoms with Crippen LogP contribution in [0.25, 0.3) is 0 Å². The van der Waals surface area contributed by atoms with Crippen molar-refractivity contribution in [3.63, 3.8) is 0 Å². The van der Waals surface area contributed by atoms with E-state index in [1.165, 1.54) is 20.9 Å². The molecule has 1 aromatic carbocycles. The van der Waals surface area contributed by atoms with Gasteiger partial charge >= 0.3 is 0 Å². The lowest BCUT2D eigenvalue weighted by Crippen LogP contribution is -2.36. The Balaban J connectivity index is 1.26. The van der Waals surface area contributed by atoms with Gasteiger partial charge in [-0.2, -0.15) is 0 Å². The third-order valence-electron chi connectivity index (χ3n) is 4.52. The van der Waals surface area contributed by atoms with Gasteiger partial charge in [-0.25, -0.2) is 0 Å². The maximum Gasteiger partial charge on any atom is 0.238 e. The Labute approximate surface area is 167 Å². The molecule has 2 aromatic heterocycles. The Morgan fingerprint density at radius 2 is 2.11 bits per heavy atom. The molecule has 27 heavy (non-hydrogen) atoms. The Morgan fingerprint density at radius 1 is 1.22 bits per heavy atom. The number of anilines is 1. The van der Waals surface area contributed by atoms with Crippen LogP contribution in [0.2, 0.25) is 0 Å². The lowest BCUT2D eigenvalue weighted by Gasteiger charge is -2.26. The van der Waals surface area contributed by atoms with Gasteiger partial charge in [0.1, 0.15) is 0 Å². The summed E-state index contributed by atoms with van der Waals surface area (Å²) in [6, 6.07) is 14.2. The number of nitrogens with one attached hydrogen (secondary N) is 1. The van der Waals surface area contributed by atoms with Gasteiger partial charge in [0, 0.05) is 46.7 Å². The fourth-order valence-corrected chi connectivity index (χ4v) is 4.85. The Bertz CT molecular complexity index is 893. The highest BCUT2D eigenvalue weighted by atomic mass is 32.2. The predicted molar refractivity (Wildman–Crippen MR) is 112 cm³/mol. The molecule has 1 amide bonds. The minimum atomic E-state index is 0.0458. The third kappa shape index (κ3) is 4.97. The molecule has 0 saturated carbocycles. The smallest absolute Gasteiger partial charge is 0.238 e. The number of aromatic nitrogens is 1. The summed E-state index contributed by atoms with van der Waals surface area (Å²) < 4.78 is 0. The zero-order chi connectivity index (χ0) is 18.5. The number of hydrogen-bond donors (Lipinski definition) is 1. The Morgan fingerprint density at radius 3 is 2.93 bits per heavy atom. The summed E-state index contributed by atoms with van der Waals surface area (Å²) in [7, 11) is 0. The summed E-state index contributed by atoms with van der Waals surface area (Å²) in [5.74, 6) is 0.934. The zero-order valence-electron chi connectivity index (χ0n) is 14.9. The minimum absolute atomic E-state index is 0.0458. The SMILES string of the molecule is O=C(CN1CCc2sccc2C1)Nc1ccc(SCc2cccnc2)cc1. The topological polar surface area (TPSA) is 45.2 Å². The van der Waals surface area contributed by atoms with Crippen molar-refractivity contribution in [3.8, 4) is 0 Å². The van der Waals surface area contributed by atoms with Crippen LogP contribution < -0.4 is 5.32 Å². The van der Waals surface area contributed by atoms with Crippen LogP contribution in [-0.4, -0.2) is 28.9 Å². The van der Waals surface area contributed by atoms with Crippen LogP contribution in [0.5, 0.6) is 0 Å². The summed E-state index contributed by atoms with van der Waals surface area (Å²) in [5.41, 5.74) is 3.42. The van der Waals surface area contributed by atoms with E-state index in [9.17, 15) is 4.79 Å². The molecule has 0 saturated heterocycles. The number of pyridine rings is 1. The number of nitrogens with zero attached hydrogens (tertiary/aromatic N) is 2. The summed E-state index contributed by atoms with van der Waals surface area (Å²) in [5, 5.41) is 5.15. The quantitative estimate of drug-likeness (QED) is 0.627. The molecule has 0 atom stereocenters. The molecule has 0 fully saturated rings. The van der Waals surface area contributed by atoms with E-state index in [1.54, 1.807) is 18.0 Å². The molecule has 0 unspecified atom stereocenters. The van der Waals surface area contributed by atoms with Crippen molar-refractivity contribution in [1.82, 2.24) is 9.88 Å². The van der Waals surface area contributed by atoms with Crippen LogP contribution in [0.15, 0.2) is 65.1 Å². The monoisotopic (exact) mass is 395 g/mol. The largest absolute Gasteiger partial charge is 0.325 e. The molecule has 4 nitrogen and oxygen atoms in total. The van der Waals surface area contributed by atoms with Gasteiger partial charge in [-0.3, -0.25) is 14.7 Å². The lowest BCUT2D eigenvalue weighted by molar-refractivity contribution is -0.117. The molecule has 4 rings (SSSR count). The number of rotatable bonds is 6. The molecule has 0 bridgehead atoms. The second kappa shape index (κ2) is 8.69. The van der Waals surface area contributed by atoms with Crippen LogP contribution >= 0.6 is 23.1 Å². The van der Waals surface area contributed by atoms with Crippen molar-refractivity contribution in [2.24, 2.45) is 0 Å². The number of carbonyl (C=O) groups excluding carboxylic acids is 1. The molecule has 1 aliphatic rings. The van der Waals surface area contributed by atoms with Gasteiger partial charge in [0.05, 0.1) is 6.54 Å². The van der Waals surface area contributed by atoms with E-state index in [2.05, 4.69) is 44.8 Å². The summed E-state index contributed by atoms with van der Waals surface area (Å²) >= 11 is 3.58. The molecule has 0 spiro atoms. The van der Waals surface area contributed by atoms with Crippen molar-refractivity contribution >= 4 is 34.7 Å². The first kappa shape index (κ1) is 18.2. The summed E-state index contributed by atoms with van der Waals surface area (Å²) in [4.78, 5) is 21.4. The number of hydrogen-bond acceptors (Lipinski definition) is 5. The van der Waals surface area contributed by atoms with Gasteiger partial charge in [0.2, 0.25) is 5.91 Å². The molecule has 3 aromatic rings. The number of thioether (sulfide) groups is 1. The van der Waals surface area contributed by atoms with Crippen LogP contribution in [-0.2, 0) is 23.5 Å². The molecule has 1 N–H and O–H groups in total. The van der Waals surface area contributed by atoms with E-state index in [4.69, 9.17) is 0 Å². The molecule has 1 aliphatic heterocycles. The van der Waals surface area contributed by atoms with Gasteiger partial charge in [-0.05, 0) is 59.3 Å². The second-order valence-electron chi connectivity index (χ2n) is 6.55. The van der Waals surface area contributed by atoms with Gasteiger partial charge in [-0.1, -0.05) is 6.07 Å². The van der Waals surface area contributed by atoms with Crippen LogP contribution in [0.3, 0.4) is 0 Å². The van der Waals surface area contributed by atoms with Crippen molar-refractivity contribution < 1.29 is 4.79 Å². The highest BCUT2D eigenvalue weighted by molar-refractivity contribution is 7.98. The van der Waals surface area contributed by atoms with Crippen molar-refractivity contribution in [1.29, 1.82) is 0 Å². The van der Waals surface area contributed by atoms with E-state index < -0.39 is 0 Å². The molecule has 0 aliphatic carbocycles. The van der Waals surface area contributed by atoms with Crippen molar-refractivity contribution in [2.75, 3.05) is 18.4 Å². The Hall–Kier alpha value is -2.15. The minimum Gasteiger partial charge on any atom is -0.325 e. The first-order valence-electron chi connectivity index (χ1n) is 8.95. The van der Waals surface area contributed by atoms with Crippen molar-refractivity contribution in [3.05, 3.63) is 76.2 Å². The fraction of sp³-hybridized carbons (Fsp3) is 0.238. The molecule has 3 heterocycles. The highest BCUT2D eigenvalue weighted by Gasteiger charge is 2.19. The first-order valence-corrected chi connectivity index (χ1v) is 10.8. The molecular weight excluding hydrogens is 374 g/mol. The van der Waals surface area contributed by atoms with E-state index in [0.717, 1.165) is 31.0 Å². The number of benzene rings is 1. The van der Waals surface area contributed by atoms with Crippen LogP contribution in [0, 0.1) is 0 Å². The molecule has 0 radical (unpaired) electrons. The molecule has 6 heteroatoms. The maximum atomic E-state index is 12.4. The van der Waals surface area contributed by atoms with Gasteiger partial charge in [0.25, 0.3) is 0 Å². The highest BCUT2D eigenvalue weighted by Crippen LogP contribution is 2.25. The summed E-state index contributed by atoms with van der Waals surface area (Å²) in [6.07, 6.45) is 4.72. The van der Waals surface area contributed by atoms with E-state index in [0.29, 0.717) is 6.54 Å². The number of amides is 1. The second-order valence-corrected chi connectivity index (χ2v) is 8.60. The molecule has 138 valence electrons. The average molecular weight is 396 g/mol. The van der Waals surface area contributed by atoms with Crippen LogP contribution in [0.4, 0.5) is 5.69 Å². The number of thiophene rings is 1. The zero-order valence-corrected chi connectivity index (χ0v) is 16.6. The van der Waals surface area contributed by atoms with E-state index in [-0.39, 0.29) is 5.91 Å². The van der Waals surface area contributed by atoms with Gasteiger partial charge in [-0.15, -0.1) is 23.1 Å². The molecular formula is C21H21N3OS2. The maximum absolute atomic E-state index is 12.4. The van der Waals surface area contributed by atoms with Crippen molar-refractivity contribution in [2.45, 2.75) is 23.6 Å². The Kier molecular flexibility index (Phi) is 5.87. The fourth-order valence-electron chi connectivity index (χ4n) is 3.13. The lowest BCUT2D eigenvalue weighted by atomic mass is 10.1. The predicted octanol–water partition coefficient (Wildman–Crippen LogP) is 4.43. The van der Waals surface area contributed by atoms with Crippen LogP contribution in [0.1, 0.15) is 16.0 Å². The average Bonchev–Trinajstić information content (AvgIpc) is 3.16. The number of fused-ring (bicyclic) bond motifs is 1. The summed E-state index contributed by atoms with van der Waals surface area (Å²) in [6.45, 7) is 2.26. The van der Waals surface area contributed by atoms with Gasteiger partial charge in [0.15, 0.2) is 0 Å².